The number of nitrogens with two attached hydrogens (primary N) is 2. The molecule has 0 aromatic rings. The van der Waals surface area contributed by atoms with Gasteiger partial charge in [0, 0.05) is 0 Å². The molecule has 0 rings (SSSR count). The SMILES string of the molecule is N#CC[C@](N)(CCCN)C(=O)O. The molecule has 5 N–H and O–H groups in total. The van der Waals surface area contributed by atoms with Crippen molar-refractivity contribution in [3.63, 3.8) is 0 Å². The van der Waals surface area contributed by atoms with Crippen LogP contribution < -0.4 is 11.5 Å². The largest absolute Gasteiger partial charge is 0.480 e. The number of hydrogen-bond acceptors (Lipinski definition) is 4. The number of hydrogen-bond donors (Lipinski definition) is 3. The molecule has 68 valence electrons. The van der Waals surface area contributed by atoms with Crippen LogP contribution in [0.15, 0.2) is 0 Å². The van der Waals surface area contributed by atoms with Crippen LogP contribution in [0.4, 0.5) is 0 Å². The number of nitriles is 1. The first-order valence-electron chi connectivity index (χ1n) is 3.66. The van der Waals surface area contributed by atoms with Crippen LogP contribution in [-0.2, 0) is 4.79 Å². The average Bonchev–Trinajstić information content (AvgIpc) is 2.01. The van der Waals surface area contributed by atoms with Crippen LogP contribution in [0.5, 0.6) is 0 Å². The number of aliphatic carboxylic acids is 1. The summed E-state index contributed by atoms with van der Waals surface area (Å²) in [6.45, 7) is 0.387. The Morgan fingerprint density at radius 2 is 2.25 bits per heavy atom. The molecule has 5 heteroatoms. The Morgan fingerprint density at radius 1 is 1.67 bits per heavy atom. The minimum absolute atomic E-state index is 0.178. The van der Waals surface area contributed by atoms with Crippen LogP contribution in [0.2, 0.25) is 0 Å². The molecule has 0 heterocycles. The third-order valence-electron chi connectivity index (χ3n) is 1.65. The van der Waals surface area contributed by atoms with Crippen LogP contribution in [0.1, 0.15) is 19.3 Å². The van der Waals surface area contributed by atoms with E-state index in [2.05, 4.69) is 0 Å². The van der Waals surface area contributed by atoms with E-state index in [1.54, 1.807) is 6.07 Å². The smallest absolute Gasteiger partial charge is 0.324 e. The molecule has 0 radical (unpaired) electrons. The van der Waals surface area contributed by atoms with Gasteiger partial charge in [0.15, 0.2) is 0 Å². The molecule has 0 aromatic carbocycles. The van der Waals surface area contributed by atoms with Crippen molar-refractivity contribution in [2.75, 3.05) is 6.54 Å². The van der Waals surface area contributed by atoms with Gasteiger partial charge in [-0.15, -0.1) is 0 Å². The molecule has 12 heavy (non-hydrogen) atoms. The molecule has 0 fully saturated rings. The third kappa shape index (κ3) is 2.86. The Labute approximate surface area is 71.0 Å². The van der Waals surface area contributed by atoms with E-state index < -0.39 is 11.5 Å². The number of carbonyl (C=O) groups is 1. The van der Waals surface area contributed by atoms with Crippen molar-refractivity contribution in [2.45, 2.75) is 24.8 Å². The van der Waals surface area contributed by atoms with Crippen molar-refractivity contribution < 1.29 is 9.90 Å². The van der Waals surface area contributed by atoms with E-state index in [-0.39, 0.29) is 12.8 Å². The van der Waals surface area contributed by atoms with Gasteiger partial charge in [0.2, 0.25) is 0 Å². The number of carboxylic acid groups (broad SMARTS) is 1. The minimum atomic E-state index is -1.42. The summed E-state index contributed by atoms with van der Waals surface area (Å²) in [7, 11) is 0. The Bertz CT molecular complexity index is 199. The lowest BCUT2D eigenvalue weighted by molar-refractivity contribution is -0.143. The Balaban J connectivity index is 4.20. The second-order valence-electron chi connectivity index (χ2n) is 2.69. The maximum atomic E-state index is 10.6. The maximum absolute atomic E-state index is 10.6. The van der Waals surface area contributed by atoms with Crippen molar-refractivity contribution in [3.05, 3.63) is 0 Å². The van der Waals surface area contributed by atoms with Crippen molar-refractivity contribution in [1.82, 2.24) is 0 Å². The average molecular weight is 171 g/mol. The van der Waals surface area contributed by atoms with E-state index in [4.69, 9.17) is 21.8 Å². The van der Waals surface area contributed by atoms with Gasteiger partial charge >= 0.3 is 5.97 Å². The summed E-state index contributed by atoms with van der Waals surface area (Å²) in [5.74, 6) is -1.14. The molecular formula is C7H13N3O2. The van der Waals surface area contributed by atoms with Gasteiger partial charge in [-0.1, -0.05) is 0 Å². The highest BCUT2D eigenvalue weighted by Gasteiger charge is 2.32. The lowest BCUT2D eigenvalue weighted by atomic mass is 9.92. The zero-order chi connectivity index (χ0) is 9.61. The highest BCUT2D eigenvalue weighted by atomic mass is 16.4. The Morgan fingerprint density at radius 3 is 2.58 bits per heavy atom. The first kappa shape index (κ1) is 10.9. The fourth-order valence-corrected chi connectivity index (χ4v) is 0.830. The van der Waals surface area contributed by atoms with Gasteiger partial charge in [0.05, 0.1) is 12.5 Å². The molecule has 0 bridgehead atoms. The summed E-state index contributed by atoms with van der Waals surface area (Å²) in [4.78, 5) is 10.6. The second kappa shape index (κ2) is 4.70. The summed E-state index contributed by atoms with van der Waals surface area (Å²) in [5.41, 5.74) is 9.24. The summed E-state index contributed by atoms with van der Waals surface area (Å²) in [5, 5.41) is 17.0. The van der Waals surface area contributed by atoms with Gasteiger partial charge in [0.25, 0.3) is 0 Å². The van der Waals surface area contributed by atoms with Crippen LogP contribution in [0.3, 0.4) is 0 Å². The zero-order valence-corrected chi connectivity index (χ0v) is 6.79. The number of rotatable bonds is 5. The summed E-state index contributed by atoms with van der Waals surface area (Å²) < 4.78 is 0. The first-order valence-corrected chi connectivity index (χ1v) is 3.66. The van der Waals surface area contributed by atoms with E-state index >= 15 is 0 Å². The van der Waals surface area contributed by atoms with E-state index in [0.717, 1.165) is 0 Å². The highest BCUT2D eigenvalue weighted by molar-refractivity contribution is 5.78. The zero-order valence-electron chi connectivity index (χ0n) is 6.79. The molecule has 5 nitrogen and oxygen atoms in total. The van der Waals surface area contributed by atoms with Crippen LogP contribution >= 0.6 is 0 Å². The summed E-state index contributed by atoms with van der Waals surface area (Å²) >= 11 is 0. The predicted octanol–water partition coefficient (Wildman–Crippen LogP) is -0.579. The number of carboxylic acids is 1. The monoisotopic (exact) mass is 171 g/mol. The first-order chi connectivity index (χ1) is 5.56. The second-order valence-corrected chi connectivity index (χ2v) is 2.69. The molecule has 0 spiro atoms. The topological polar surface area (TPSA) is 113 Å². The van der Waals surface area contributed by atoms with Gasteiger partial charge < -0.3 is 16.6 Å². The summed E-state index contributed by atoms with van der Waals surface area (Å²) in [6, 6.07) is 1.75. The third-order valence-corrected chi connectivity index (χ3v) is 1.65. The van der Waals surface area contributed by atoms with Gasteiger partial charge in [-0.3, -0.25) is 4.79 Å². The highest BCUT2D eigenvalue weighted by Crippen LogP contribution is 2.13. The van der Waals surface area contributed by atoms with Crippen molar-refractivity contribution in [2.24, 2.45) is 11.5 Å². The van der Waals surface area contributed by atoms with E-state index in [1.807, 2.05) is 0 Å². The molecule has 0 aliphatic heterocycles. The van der Waals surface area contributed by atoms with Gasteiger partial charge in [-0.2, -0.15) is 5.26 Å². The fourth-order valence-electron chi connectivity index (χ4n) is 0.830. The van der Waals surface area contributed by atoms with Crippen LogP contribution in [0.25, 0.3) is 0 Å². The molecule has 0 saturated carbocycles. The molecule has 0 unspecified atom stereocenters. The Hall–Kier alpha value is -1.12. The lowest BCUT2D eigenvalue weighted by Crippen LogP contribution is -2.47. The standard InChI is InChI=1S/C7H13N3O2/c8-4-1-2-7(10,3-5-9)6(11)12/h1-4,8,10H2,(H,11,12)/t7-/m1/s1. The van der Waals surface area contributed by atoms with Crippen LogP contribution in [-0.4, -0.2) is 23.2 Å². The van der Waals surface area contributed by atoms with E-state index in [1.165, 1.54) is 0 Å². The van der Waals surface area contributed by atoms with Crippen molar-refractivity contribution >= 4 is 5.97 Å². The normalized spacial score (nSPS) is 14.8. The van der Waals surface area contributed by atoms with E-state index in [9.17, 15) is 4.79 Å². The molecule has 0 aromatic heterocycles. The predicted molar refractivity (Wildman–Crippen MR) is 43.1 cm³/mol. The molecule has 0 aliphatic carbocycles. The van der Waals surface area contributed by atoms with Crippen molar-refractivity contribution in [1.29, 1.82) is 5.26 Å². The van der Waals surface area contributed by atoms with E-state index in [0.29, 0.717) is 13.0 Å². The van der Waals surface area contributed by atoms with Crippen LogP contribution in [0, 0.1) is 11.3 Å². The van der Waals surface area contributed by atoms with Gasteiger partial charge in [-0.25, -0.2) is 0 Å². The molecule has 0 aliphatic rings. The molecule has 1 atom stereocenters. The molecular weight excluding hydrogens is 158 g/mol. The molecule has 0 amide bonds. The number of nitrogens with zero attached hydrogens (tertiary/aromatic N) is 1. The molecule has 0 saturated heterocycles. The fraction of sp³-hybridized carbons (Fsp3) is 0.714. The van der Waals surface area contributed by atoms with Gasteiger partial charge in [-0.05, 0) is 19.4 Å². The summed E-state index contributed by atoms with van der Waals surface area (Å²) in [6.07, 6.45) is 0.583. The Kier molecular flexibility index (Phi) is 4.26. The quantitative estimate of drug-likeness (QED) is 0.512. The lowest BCUT2D eigenvalue weighted by Gasteiger charge is -2.20. The van der Waals surface area contributed by atoms with Crippen molar-refractivity contribution in [3.8, 4) is 6.07 Å². The minimum Gasteiger partial charge on any atom is -0.480 e. The maximum Gasteiger partial charge on any atom is 0.324 e. The van der Waals surface area contributed by atoms with Gasteiger partial charge in [0.1, 0.15) is 5.54 Å².